The molecule has 0 aliphatic carbocycles. The molecular formula is C23H30N6O2. The van der Waals surface area contributed by atoms with Crippen LogP contribution < -0.4 is 11.1 Å². The highest BCUT2D eigenvalue weighted by Crippen LogP contribution is 2.23. The highest BCUT2D eigenvalue weighted by molar-refractivity contribution is 5.68. The highest BCUT2D eigenvalue weighted by atomic mass is 16.6. The van der Waals surface area contributed by atoms with Crippen molar-refractivity contribution in [1.29, 1.82) is 0 Å². The number of anilines is 1. The van der Waals surface area contributed by atoms with Gasteiger partial charge in [0.15, 0.2) is 5.65 Å². The number of nitrogens with two attached hydrogens (primary N) is 1. The number of nitrogens with zero attached hydrogens (tertiary/aromatic N) is 4. The van der Waals surface area contributed by atoms with E-state index in [1.54, 1.807) is 4.90 Å². The third-order valence-corrected chi connectivity index (χ3v) is 5.36. The number of benzene rings is 1. The molecule has 3 heterocycles. The minimum absolute atomic E-state index is 0.238. The highest BCUT2D eigenvalue weighted by Gasteiger charge is 2.29. The standard InChI is InChI=1S/C23H30N6O2/c1-23(2,3)31-22(30)28-11-10-17(15-28)13-25-20-8-9-21-26-14-19(29(21)27-20)18-6-4-16(12-24)5-7-18/h4-9,14,17H,10-13,15,24H2,1-3H3,(H,25,27)/t17-/m0/s1. The number of nitrogens with one attached hydrogen (secondary N) is 1. The zero-order valence-electron chi connectivity index (χ0n) is 18.3. The third kappa shape index (κ3) is 4.96. The van der Waals surface area contributed by atoms with Gasteiger partial charge >= 0.3 is 6.09 Å². The summed E-state index contributed by atoms with van der Waals surface area (Å²) in [6, 6.07) is 12.0. The summed E-state index contributed by atoms with van der Waals surface area (Å²) in [5.41, 5.74) is 9.08. The molecule has 1 fully saturated rings. The SMILES string of the molecule is CC(C)(C)OC(=O)N1CC[C@@H](CNc2ccc3ncc(-c4ccc(CN)cc4)n3n2)C1. The molecule has 0 bridgehead atoms. The second-order valence-corrected chi connectivity index (χ2v) is 9.00. The van der Waals surface area contributed by atoms with E-state index >= 15 is 0 Å². The fraction of sp³-hybridized carbons (Fsp3) is 0.435. The van der Waals surface area contributed by atoms with E-state index in [0.29, 0.717) is 19.0 Å². The van der Waals surface area contributed by atoms with Crippen molar-refractivity contribution in [3.63, 3.8) is 0 Å². The Labute approximate surface area is 182 Å². The number of carbonyl (C=O) groups excluding carboxylic acids is 1. The number of ether oxygens (including phenoxy) is 1. The van der Waals surface area contributed by atoms with E-state index < -0.39 is 5.60 Å². The van der Waals surface area contributed by atoms with Crippen LogP contribution in [0.25, 0.3) is 16.9 Å². The van der Waals surface area contributed by atoms with Gasteiger partial charge in [-0.2, -0.15) is 0 Å². The largest absolute Gasteiger partial charge is 0.444 e. The van der Waals surface area contributed by atoms with Crippen LogP contribution in [0.3, 0.4) is 0 Å². The Bertz CT molecular complexity index is 1050. The predicted octanol–water partition coefficient (Wildman–Crippen LogP) is 3.52. The first-order valence-electron chi connectivity index (χ1n) is 10.7. The van der Waals surface area contributed by atoms with E-state index in [-0.39, 0.29) is 6.09 Å². The molecule has 8 nitrogen and oxygen atoms in total. The van der Waals surface area contributed by atoms with Crippen LogP contribution >= 0.6 is 0 Å². The number of rotatable bonds is 5. The molecule has 0 saturated carbocycles. The molecule has 164 valence electrons. The summed E-state index contributed by atoms with van der Waals surface area (Å²) in [4.78, 5) is 18.5. The zero-order chi connectivity index (χ0) is 22.0. The number of likely N-dealkylation sites (tertiary alicyclic amines) is 1. The van der Waals surface area contributed by atoms with Crippen LogP contribution in [0.2, 0.25) is 0 Å². The van der Waals surface area contributed by atoms with Gasteiger partial charge in [-0.05, 0) is 50.8 Å². The summed E-state index contributed by atoms with van der Waals surface area (Å²) in [5.74, 6) is 1.14. The first-order valence-corrected chi connectivity index (χ1v) is 10.7. The molecule has 1 saturated heterocycles. The summed E-state index contributed by atoms with van der Waals surface area (Å²) >= 11 is 0. The Hall–Kier alpha value is -3.13. The molecule has 1 aromatic carbocycles. The van der Waals surface area contributed by atoms with Crippen molar-refractivity contribution in [3.05, 3.63) is 48.2 Å². The molecule has 1 atom stereocenters. The first-order chi connectivity index (χ1) is 14.8. The Morgan fingerprint density at radius 1 is 1.23 bits per heavy atom. The van der Waals surface area contributed by atoms with Gasteiger partial charge in [-0.25, -0.2) is 14.3 Å². The van der Waals surface area contributed by atoms with Crippen molar-refractivity contribution in [3.8, 4) is 11.3 Å². The van der Waals surface area contributed by atoms with Crippen LogP contribution in [-0.2, 0) is 11.3 Å². The molecule has 0 spiro atoms. The second kappa shape index (κ2) is 8.55. The van der Waals surface area contributed by atoms with Crippen LogP contribution in [0.1, 0.15) is 32.8 Å². The minimum atomic E-state index is -0.472. The van der Waals surface area contributed by atoms with E-state index in [1.165, 1.54) is 0 Å². The van der Waals surface area contributed by atoms with Gasteiger partial charge in [-0.15, -0.1) is 5.10 Å². The van der Waals surface area contributed by atoms with Gasteiger partial charge in [0.25, 0.3) is 0 Å². The number of hydrogen-bond acceptors (Lipinski definition) is 6. The molecule has 3 N–H and O–H groups in total. The molecule has 1 aliphatic rings. The summed E-state index contributed by atoms with van der Waals surface area (Å²) in [7, 11) is 0. The van der Waals surface area contributed by atoms with Crippen molar-refractivity contribution < 1.29 is 9.53 Å². The summed E-state index contributed by atoms with van der Waals surface area (Å²) < 4.78 is 7.33. The molecule has 1 aliphatic heterocycles. The van der Waals surface area contributed by atoms with E-state index in [9.17, 15) is 4.79 Å². The second-order valence-electron chi connectivity index (χ2n) is 9.00. The van der Waals surface area contributed by atoms with E-state index in [0.717, 1.165) is 47.8 Å². The number of aromatic nitrogens is 3. The van der Waals surface area contributed by atoms with Gasteiger partial charge < -0.3 is 20.7 Å². The average Bonchev–Trinajstić information content (AvgIpc) is 3.38. The lowest BCUT2D eigenvalue weighted by Crippen LogP contribution is -2.35. The summed E-state index contributed by atoms with van der Waals surface area (Å²) in [6.45, 7) is 8.34. The lowest BCUT2D eigenvalue weighted by molar-refractivity contribution is 0.0289. The lowest BCUT2D eigenvalue weighted by atomic mass is 10.1. The molecule has 0 unspecified atom stereocenters. The van der Waals surface area contributed by atoms with Gasteiger partial charge in [0.2, 0.25) is 0 Å². The molecule has 3 aromatic rings. The van der Waals surface area contributed by atoms with Crippen molar-refractivity contribution in [2.75, 3.05) is 25.0 Å². The number of fused-ring (bicyclic) bond motifs is 1. The van der Waals surface area contributed by atoms with Gasteiger partial charge in [-0.1, -0.05) is 24.3 Å². The predicted molar refractivity (Wildman–Crippen MR) is 121 cm³/mol. The average molecular weight is 423 g/mol. The smallest absolute Gasteiger partial charge is 0.410 e. The summed E-state index contributed by atoms with van der Waals surface area (Å²) in [6.07, 6.45) is 2.54. The van der Waals surface area contributed by atoms with Gasteiger partial charge in [-0.3, -0.25) is 0 Å². The van der Waals surface area contributed by atoms with Crippen LogP contribution in [0.5, 0.6) is 0 Å². The first kappa shape index (κ1) is 21.1. The maximum Gasteiger partial charge on any atom is 0.410 e. The maximum atomic E-state index is 12.3. The Kier molecular flexibility index (Phi) is 5.82. The Morgan fingerprint density at radius 2 is 2.00 bits per heavy atom. The molecule has 2 aromatic heterocycles. The Balaban J connectivity index is 1.41. The van der Waals surface area contributed by atoms with E-state index in [4.69, 9.17) is 15.6 Å². The summed E-state index contributed by atoms with van der Waals surface area (Å²) in [5, 5.41) is 8.15. The van der Waals surface area contributed by atoms with E-state index in [2.05, 4.69) is 10.3 Å². The van der Waals surface area contributed by atoms with Gasteiger partial charge in [0, 0.05) is 31.7 Å². The quantitative estimate of drug-likeness (QED) is 0.653. The van der Waals surface area contributed by atoms with Crippen LogP contribution in [0.4, 0.5) is 10.6 Å². The number of hydrogen-bond donors (Lipinski definition) is 2. The zero-order valence-corrected chi connectivity index (χ0v) is 18.3. The fourth-order valence-corrected chi connectivity index (χ4v) is 3.72. The molecule has 31 heavy (non-hydrogen) atoms. The number of imidazole rings is 1. The molecular weight excluding hydrogens is 392 g/mol. The third-order valence-electron chi connectivity index (χ3n) is 5.36. The monoisotopic (exact) mass is 422 g/mol. The fourth-order valence-electron chi connectivity index (χ4n) is 3.72. The van der Waals surface area contributed by atoms with E-state index in [1.807, 2.05) is 67.9 Å². The molecule has 8 heteroatoms. The Morgan fingerprint density at radius 3 is 2.71 bits per heavy atom. The topological polar surface area (TPSA) is 97.8 Å². The van der Waals surface area contributed by atoms with Crippen LogP contribution in [0, 0.1) is 5.92 Å². The number of amides is 1. The van der Waals surface area contributed by atoms with Crippen molar-refractivity contribution in [2.24, 2.45) is 11.7 Å². The van der Waals surface area contributed by atoms with Crippen LogP contribution in [-0.4, -0.2) is 50.8 Å². The maximum absolute atomic E-state index is 12.3. The number of carbonyl (C=O) groups is 1. The van der Waals surface area contributed by atoms with Crippen LogP contribution in [0.15, 0.2) is 42.6 Å². The molecule has 0 radical (unpaired) electrons. The normalized spacial score (nSPS) is 16.6. The minimum Gasteiger partial charge on any atom is -0.444 e. The molecule has 4 rings (SSSR count). The van der Waals surface area contributed by atoms with Gasteiger partial charge in [0.05, 0.1) is 11.9 Å². The van der Waals surface area contributed by atoms with Crippen molar-refractivity contribution >= 4 is 17.6 Å². The van der Waals surface area contributed by atoms with Crippen molar-refractivity contribution in [1.82, 2.24) is 19.5 Å². The van der Waals surface area contributed by atoms with Gasteiger partial charge in [0.1, 0.15) is 11.4 Å². The van der Waals surface area contributed by atoms with Crippen molar-refractivity contribution in [2.45, 2.75) is 39.3 Å². The molecule has 1 amide bonds. The lowest BCUT2D eigenvalue weighted by Gasteiger charge is -2.24.